The van der Waals surface area contributed by atoms with Crippen LogP contribution in [0.3, 0.4) is 0 Å². The van der Waals surface area contributed by atoms with Gasteiger partial charge in [0.05, 0.1) is 29.8 Å². The Labute approximate surface area is 88.5 Å². The molecule has 0 bridgehead atoms. The first kappa shape index (κ1) is 9.76. The summed E-state index contributed by atoms with van der Waals surface area (Å²) in [6.45, 7) is 4.68. The van der Waals surface area contributed by atoms with Gasteiger partial charge in [0, 0.05) is 13.2 Å². The van der Waals surface area contributed by atoms with E-state index in [-0.39, 0.29) is 0 Å². The van der Waals surface area contributed by atoms with Crippen LogP contribution in [-0.4, -0.2) is 19.6 Å². The Morgan fingerprint density at radius 1 is 1.40 bits per heavy atom. The minimum atomic E-state index is 0.676. The van der Waals surface area contributed by atoms with Gasteiger partial charge in [0.2, 0.25) is 0 Å². The summed E-state index contributed by atoms with van der Waals surface area (Å²) >= 11 is 0. The Bertz CT molecular complexity index is 480. The number of nitrogen functional groups attached to an aromatic ring is 1. The van der Waals surface area contributed by atoms with Crippen LogP contribution in [0.1, 0.15) is 17.0 Å². The van der Waals surface area contributed by atoms with Crippen molar-refractivity contribution in [2.45, 2.75) is 20.4 Å². The van der Waals surface area contributed by atoms with Gasteiger partial charge in [-0.05, 0) is 19.4 Å². The zero-order chi connectivity index (χ0) is 11.0. The van der Waals surface area contributed by atoms with Gasteiger partial charge in [0.15, 0.2) is 0 Å². The van der Waals surface area contributed by atoms with Crippen LogP contribution in [-0.2, 0) is 13.6 Å². The van der Waals surface area contributed by atoms with Gasteiger partial charge in [0.1, 0.15) is 0 Å². The smallest absolute Gasteiger partial charge is 0.0868 e. The molecule has 0 aliphatic heterocycles. The van der Waals surface area contributed by atoms with Crippen molar-refractivity contribution in [2.24, 2.45) is 7.05 Å². The third-order valence-electron chi connectivity index (χ3n) is 2.55. The first-order valence-electron chi connectivity index (χ1n) is 4.85. The molecule has 0 atom stereocenters. The molecule has 15 heavy (non-hydrogen) atoms. The standard InChI is InChI=1S/C10H15N5/c1-7-5-14(3)13-10(7)6-15-8(2)9(11)4-12-15/h4-5H,6,11H2,1-3H3. The largest absolute Gasteiger partial charge is 0.396 e. The molecule has 0 aliphatic rings. The molecule has 0 amide bonds. The van der Waals surface area contributed by atoms with E-state index < -0.39 is 0 Å². The zero-order valence-corrected chi connectivity index (χ0v) is 9.23. The Morgan fingerprint density at radius 3 is 2.60 bits per heavy atom. The molecule has 0 fully saturated rings. The van der Waals surface area contributed by atoms with Gasteiger partial charge in [-0.15, -0.1) is 0 Å². The molecule has 80 valence electrons. The summed E-state index contributed by atoms with van der Waals surface area (Å²) in [6.07, 6.45) is 3.67. The van der Waals surface area contributed by atoms with Crippen molar-refractivity contribution in [2.75, 3.05) is 5.73 Å². The van der Waals surface area contributed by atoms with Crippen LogP contribution in [0.5, 0.6) is 0 Å². The highest BCUT2D eigenvalue weighted by atomic mass is 15.3. The maximum absolute atomic E-state index is 5.73. The summed E-state index contributed by atoms with van der Waals surface area (Å²) in [6, 6.07) is 0. The van der Waals surface area contributed by atoms with Crippen LogP contribution in [0, 0.1) is 13.8 Å². The number of hydrogen-bond donors (Lipinski definition) is 1. The summed E-state index contributed by atoms with van der Waals surface area (Å²) in [5, 5.41) is 8.57. The molecule has 5 heteroatoms. The third-order valence-corrected chi connectivity index (χ3v) is 2.55. The number of anilines is 1. The molecule has 0 saturated heterocycles. The summed E-state index contributed by atoms with van der Waals surface area (Å²) < 4.78 is 3.68. The predicted molar refractivity (Wildman–Crippen MR) is 58.4 cm³/mol. The average Bonchev–Trinajstić information content (AvgIpc) is 2.64. The molecule has 0 unspecified atom stereocenters. The first-order valence-corrected chi connectivity index (χ1v) is 4.85. The molecule has 2 aromatic rings. The van der Waals surface area contributed by atoms with E-state index in [1.165, 1.54) is 5.56 Å². The van der Waals surface area contributed by atoms with Gasteiger partial charge in [-0.2, -0.15) is 10.2 Å². The highest BCUT2D eigenvalue weighted by Gasteiger charge is 2.08. The van der Waals surface area contributed by atoms with Crippen molar-refractivity contribution in [3.8, 4) is 0 Å². The molecule has 0 aliphatic carbocycles. The summed E-state index contributed by atoms with van der Waals surface area (Å²) in [4.78, 5) is 0. The maximum Gasteiger partial charge on any atom is 0.0868 e. The molecule has 5 nitrogen and oxygen atoms in total. The molecule has 0 spiro atoms. The number of nitrogens with two attached hydrogens (primary N) is 1. The van der Waals surface area contributed by atoms with Crippen LogP contribution in [0.25, 0.3) is 0 Å². The van der Waals surface area contributed by atoms with E-state index >= 15 is 0 Å². The van der Waals surface area contributed by atoms with Crippen LogP contribution in [0.2, 0.25) is 0 Å². The number of nitrogens with zero attached hydrogens (tertiary/aromatic N) is 4. The van der Waals surface area contributed by atoms with Crippen LogP contribution < -0.4 is 5.73 Å². The molecular weight excluding hydrogens is 190 g/mol. The first-order chi connectivity index (χ1) is 7.08. The molecule has 0 radical (unpaired) electrons. The van der Waals surface area contributed by atoms with E-state index in [4.69, 9.17) is 5.73 Å². The zero-order valence-electron chi connectivity index (χ0n) is 9.23. The number of aryl methyl sites for hydroxylation is 2. The van der Waals surface area contributed by atoms with Crippen molar-refractivity contribution < 1.29 is 0 Å². The number of rotatable bonds is 2. The maximum atomic E-state index is 5.73. The summed E-state index contributed by atoms with van der Waals surface area (Å²) in [7, 11) is 1.92. The molecule has 2 N–H and O–H groups in total. The normalized spacial score (nSPS) is 10.9. The topological polar surface area (TPSA) is 61.7 Å². The van der Waals surface area contributed by atoms with Gasteiger partial charge in [-0.1, -0.05) is 0 Å². The van der Waals surface area contributed by atoms with Crippen molar-refractivity contribution >= 4 is 5.69 Å². The fourth-order valence-electron chi connectivity index (χ4n) is 1.57. The minimum Gasteiger partial charge on any atom is -0.396 e. The fraction of sp³-hybridized carbons (Fsp3) is 0.400. The van der Waals surface area contributed by atoms with E-state index in [0.717, 1.165) is 17.1 Å². The van der Waals surface area contributed by atoms with E-state index in [0.29, 0.717) is 6.54 Å². The lowest BCUT2D eigenvalue weighted by molar-refractivity contribution is 0.633. The second-order valence-corrected chi connectivity index (χ2v) is 3.78. The van der Waals surface area contributed by atoms with E-state index in [1.807, 2.05) is 36.5 Å². The second kappa shape index (κ2) is 3.42. The van der Waals surface area contributed by atoms with Gasteiger partial charge >= 0.3 is 0 Å². The minimum absolute atomic E-state index is 0.676. The average molecular weight is 205 g/mol. The summed E-state index contributed by atoms with van der Waals surface area (Å²) in [5.74, 6) is 0. The SMILES string of the molecule is Cc1cn(C)nc1Cn1ncc(N)c1C. The van der Waals surface area contributed by atoms with E-state index in [2.05, 4.69) is 10.2 Å². The number of hydrogen-bond acceptors (Lipinski definition) is 3. The molecular formula is C10H15N5. The van der Waals surface area contributed by atoms with Gasteiger partial charge < -0.3 is 5.73 Å². The van der Waals surface area contributed by atoms with Crippen molar-refractivity contribution in [3.05, 3.63) is 29.3 Å². The Morgan fingerprint density at radius 2 is 2.13 bits per heavy atom. The van der Waals surface area contributed by atoms with E-state index in [1.54, 1.807) is 6.20 Å². The van der Waals surface area contributed by atoms with Crippen molar-refractivity contribution in [3.63, 3.8) is 0 Å². The van der Waals surface area contributed by atoms with Crippen LogP contribution >= 0.6 is 0 Å². The lowest BCUT2D eigenvalue weighted by Crippen LogP contribution is -2.06. The van der Waals surface area contributed by atoms with Crippen molar-refractivity contribution in [1.29, 1.82) is 0 Å². The second-order valence-electron chi connectivity index (χ2n) is 3.78. The fourth-order valence-corrected chi connectivity index (χ4v) is 1.57. The molecule has 2 aromatic heterocycles. The van der Waals surface area contributed by atoms with Crippen molar-refractivity contribution in [1.82, 2.24) is 19.6 Å². The quantitative estimate of drug-likeness (QED) is 0.791. The van der Waals surface area contributed by atoms with E-state index in [9.17, 15) is 0 Å². The molecule has 0 aromatic carbocycles. The predicted octanol–water partition coefficient (Wildman–Crippen LogP) is 0.864. The van der Waals surface area contributed by atoms with Gasteiger partial charge in [-0.25, -0.2) is 0 Å². The molecule has 2 heterocycles. The Balaban J connectivity index is 2.29. The van der Waals surface area contributed by atoms with Gasteiger partial charge in [0.25, 0.3) is 0 Å². The Hall–Kier alpha value is -1.78. The lowest BCUT2D eigenvalue weighted by Gasteiger charge is -2.02. The third kappa shape index (κ3) is 1.72. The molecule has 2 rings (SSSR count). The Kier molecular flexibility index (Phi) is 2.22. The number of aromatic nitrogens is 4. The monoisotopic (exact) mass is 205 g/mol. The highest BCUT2D eigenvalue weighted by molar-refractivity contribution is 5.40. The van der Waals surface area contributed by atoms with Crippen LogP contribution in [0.15, 0.2) is 12.4 Å². The summed E-state index contributed by atoms with van der Waals surface area (Å²) in [5.41, 5.74) is 9.64. The lowest BCUT2D eigenvalue weighted by atomic mass is 10.3. The highest BCUT2D eigenvalue weighted by Crippen LogP contribution is 2.12. The van der Waals surface area contributed by atoms with Crippen LogP contribution in [0.4, 0.5) is 5.69 Å². The molecule has 0 saturated carbocycles. The van der Waals surface area contributed by atoms with Gasteiger partial charge in [-0.3, -0.25) is 9.36 Å².